The van der Waals surface area contributed by atoms with Crippen molar-refractivity contribution < 1.29 is 14.9 Å². The predicted octanol–water partition coefficient (Wildman–Crippen LogP) is 1.71. The molecule has 2 rings (SSSR count). The number of phenolic OH excluding ortho intramolecular Hbond substituents is 1. The Balaban J connectivity index is 2.40. The van der Waals surface area contributed by atoms with Gasteiger partial charge in [0, 0.05) is 13.3 Å². The molecule has 0 aliphatic heterocycles. The molecule has 0 saturated heterocycles. The zero-order valence-electron chi connectivity index (χ0n) is 11.8. The fraction of sp³-hybridized carbons (Fsp3) is 0.214. The number of nitrogens with one attached hydrogen (secondary N) is 1. The van der Waals surface area contributed by atoms with Gasteiger partial charge in [-0.1, -0.05) is 0 Å². The second kappa shape index (κ2) is 7.01. The van der Waals surface area contributed by atoms with E-state index >= 15 is 0 Å². The van der Waals surface area contributed by atoms with Crippen LogP contribution in [-0.2, 0) is 11.3 Å². The first-order valence-electron chi connectivity index (χ1n) is 6.41. The van der Waals surface area contributed by atoms with E-state index in [1.807, 2.05) is 0 Å². The molecule has 8 heteroatoms. The van der Waals surface area contributed by atoms with Gasteiger partial charge in [0.05, 0.1) is 18.8 Å². The highest BCUT2D eigenvalue weighted by Crippen LogP contribution is 2.17. The molecule has 0 spiro atoms. The SMILES string of the molecule is COCCn1c(O)c(C=Nc2ccc(O)cc2)c(=O)[nH]c1=S. The smallest absolute Gasteiger partial charge is 0.264 e. The van der Waals surface area contributed by atoms with E-state index in [0.29, 0.717) is 18.8 Å². The van der Waals surface area contributed by atoms with Crippen molar-refractivity contribution >= 4 is 24.1 Å². The van der Waals surface area contributed by atoms with Crippen LogP contribution in [0.4, 0.5) is 5.69 Å². The monoisotopic (exact) mass is 321 g/mol. The van der Waals surface area contributed by atoms with Crippen molar-refractivity contribution in [3.63, 3.8) is 0 Å². The highest BCUT2D eigenvalue weighted by atomic mass is 32.1. The van der Waals surface area contributed by atoms with Crippen molar-refractivity contribution in [2.75, 3.05) is 13.7 Å². The van der Waals surface area contributed by atoms with Gasteiger partial charge in [0.1, 0.15) is 11.3 Å². The molecular weight excluding hydrogens is 306 g/mol. The molecule has 116 valence electrons. The Morgan fingerprint density at radius 2 is 2.05 bits per heavy atom. The van der Waals surface area contributed by atoms with Gasteiger partial charge in [-0.2, -0.15) is 0 Å². The highest BCUT2D eigenvalue weighted by Gasteiger charge is 2.10. The maximum absolute atomic E-state index is 11.9. The van der Waals surface area contributed by atoms with Crippen LogP contribution in [0.5, 0.6) is 11.6 Å². The fourth-order valence-corrected chi connectivity index (χ4v) is 2.03. The molecule has 0 fully saturated rings. The van der Waals surface area contributed by atoms with Gasteiger partial charge < -0.3 is 14.9 Å². The average molecular weight is 321 g/mol. The number of phenols is 1. The lowest BCUT2D eigenvalue weighted by Crippen LogP contribution is -2.20. The molecule has 0 amide bonds. The van der Waals surface area contributed by atoms with Gasteiger partial charge in [0.25, 0.3) is 5.56 Å². The number of aliphatic imine (C=N–C) groups is 1. The summed E-state index contributed by atoms with van der Waals surface area (Å²) in [7, 11) is 1.53. The molecule has 0 atom stereocenters. The Morgan fingerprint density at radius 3 is 2.68 bits per heavy atom. The second-order valence-corrected chi connectivity index (χ2v) is 4.80. The van der Waals surface area contributed by atoms with E-state index in [2.05, 4.69) is 9.98 Å². The number of methoxy groups -OCH3 is 1. The van der Waals surface area contributed by atoms with Gasteiger partial charge in [0.15, 0.2) is 4.77 Å². The number of aromatic amines is 1. The van der Waals surface area contributed by atoms with E-state index in [0.717, 1.165) is 0 Å². The van der Waals surface area contributed by atoms with E-state index in [4.69, 9.17) is 17.0 Å². The molecule has 3 N–H and O–H groups in total. The molecule has 22 heavy (non-hydrogen) atoms. The molecule has 1 aromatic carbocycles. The molecule has 2 aromatic rings. The zero-order valence-corrected chi connectivity index (χ0v) is 12.6. The first-order valence-corrected chi connectivity index (χ1v) is 6.82. The molecule has 0 aliphatic carbocycles. The van der Waals surface area contributed by atoms with Gasteiger partial charge >= 0.3 is 0 Å². The summed E-state index contributed by atoms with van der Waals surface area (Å²) in [5, 5.41) is 19.4. The minimum atomic E-state index is -0.529. The van der Waals surface area contributed by atoms with Crippen molar-refractivity contribution in [2.24, 2.45) is 4.99 Å². The minimum Gasteiger partial charge on any atom is -0.508 e. The van der Waals surface area contributed by atoms with E-state index in [9.17, 15) is 15.0 Å². The van der Waals surface area contributed by atoms with Crippen molar-refractivity contribution in [1.82, 2.24) is 9.55 Å². The standard InChI is InChI=1S/C14H15N3O4S/c1-21-7-6-17-13(20)11(12(19)16-14(17)22)8-15-9-2-4-10(18)5-3-9/h2-5,8,18,20H,6-7H2,1H3,(H,16,19,22). The lowest BCUT2D eigenvalue weighted by molar-refractivity contribution is 0.182. The Hall–Kier alpha value is -2.45. The molecule has 0 unspecified atom stereocenters. The third kappa shape index (κ3) is 3.60. The van der Waals surface area contributed by atoms with Crippen LogP contribution in [0.15, 0.2) is 34.1 Å². The van der Waals surface area contributed by atoms with E-state index in [1.165, 1.54) is 30.0 Å². The van der Waals surface area contributed by atoms with Crippen molar-refractivity contribution in [3.8, 4) is 11.6 Å². The molecule has 0 saturated carbocycles. The molecule has 0 aliphatic rings. The largest absolute Gasteiger partial charge is 0.508 e. The quantitative estimate of drug-likeness (QED) is 0.575. The number of rotatable bonds is 5. The van der Waals surface area contributed by atoms with Gasteiger partial charge in [-0.25, -0.2) is 0 Å². The van der Waals surface area contributed by atoms with Crippen molar-refractivity contribution in [2.45, 2.75) is 6.54 Å². The third-order valence-electron chi connectivity index (χ3n) is 2.92. The second-order valence-electron chi connectivity index (χ2n) is 4.42. The normalized spacial score (nSPS) is 11.1. The molecule has 1 aromatic heterocycles. The molecule has 0 radical (unpaired) electrons. The first-order chi connectivity index (χ1) is 10.5. The number of aromatic nitrogens is 2. The van der Waals surface area contributed by atoms with Gasteiger partial charge in [0.2, 0.25) is 5.88 Å². The summed E-state index contributed by atoms with van der Waals surface area (Å²) in [5.41, 5.74) is -0.000959. The lowest BCUT2D eigenvalue weighted by atomic mass is 10.3. The minimum absolute atomic E-state index is 0.00206. The van der Waals surface area contributed by atoms with Crippen LogP contribution in [0.3, 0.4) is 0 Å². The highest BCUT2D eigenvalue weighted by molar-refractivity contribution is 7.71. The molecule has 0 bridgehead atoms. The molecule has 7 nitrogen and oxygen atoms in total. The average Bonchev–Trinajstić information content (AvgIpc) is 2.48. The predicted molar refractivity (Wildman–Crippen MR) is 84.8 cm³/mol. The Morgan fingerprint density at radius 1 is 1.36 bits per heavy atom. The number of benzene rings is 1. The number of aromatic hydroxyl groups is 2. The number of nitrogens with zero attached hydrogens (tertiary/aromatic N) is 2. The van der Waals surface area contributed by atoms with E-state index in [-0.39, 0.29) is 22.0 Å². The summed E-state index contributed by atoms with van der Waals surface area (Å²) >= 11 is 5.01. The van der Waals surface area contributed by atoms with Crippen LogP contribution in [-0.4, -0.2) is 39.7 Å². The Labute approximate surface area is 131 Å². The van der Waals surface area contributed by atoms with Crippen molar-refractivity contribution in [1.29, 1.82) is 0 Å². The van der Waals surface area contributed by atoms with Crippen LogP contribution in [0.25, 0.3) is 0 Å². The molecule has 1 heterocycles. The Bertz CT molecular complexity index is 793. The van der Waals surface area contributed by atoms with E-state index in [1.54, 1.807) is 12.1 Å². The summed E-state index contributed by atoms with van der Waals surface area (Å²) < 4.78 is 6.41. The zero-order chi connectivity index (χ0) is 16.1. The third-order valence-corrected chi connectivity index (χ3v) is 3.24. The first kappa shape index (κ1) is 15.9. The summed E-state index contributed by atoms with van der Waals surface area (Å²) in [5.74, 6) is -0.152. The summed E-state index contributed by atoms with van der Waals surface area (Å²) in [6.45, 7) is 0.639. The van der Waals surface area contributed by atoms with Crippen LogP contribution >= 0.6 is 12.2 Å². The maximum Gasteiger partial charge on any atom is 0.264 e. The van der Waals surface area contributed by atoms with Gasteiger partial charge in [-0.05, 0) is 36.5 Å². The Kier molecular flexibility index (Phi) is 5.08. The van der Waals surface area contributed by atoms with Crippen LogP contribution in [0, 0.1) is 4.77 Å². The van der Waals surface area contributed by atoms with Gasteiger partial charge in [-0.15, -0.1) is 0 Å². The number of hydrogen-bond acceptors (Lipinski definition) is 6. The summed E-state index contributed by atoms with van der Waals surface area (Å²) in [6.07, 6.45) is 1.25. The number of H-pyrrole nitrogens is 1. The maximum atomic E-state index is 11.9. The van der Waals surface area contributed by atoms with Crippen molar-refractivity contribution in [3.05, 3.63) is 45.0 Å². The van der Waals surface area contributed by atoms with E-state index < -0.39 is 5.56 Å². The lowest BCUT2D eigenvalue weighted by Gasteiger charge is -2.10. The number of hydrogen-bond donors (Lipinski definition) is 3. The summed E-state index contributed by atoms with van der Waals surface area (Å²) in [6, 6.07) is 6.11. The fourth-order valence-electron chi connectivity index (χ4n) is 1.76. The summed E-state index contributed by atoms with van der Waals surface area (Å²) in [4.78, 5) is 18.5. The van der Waals surface area contributed by atoms with Gasteiger partial charge in [-0.3, -0.25) is 19.3 Å². The van der Waals surface area contributed by atoms with Crippen LogP contribution in [0.2, 0.25) is 0 Å². The van der Waals surface area contributed by atoms with Crippen LogP contribution < -0.4 is 5.56 Å². The van der Waals surface area contributed by atoms with Crippen LogP contribution in [0.1, 0.15) is 5.56 Å². The molecular formula is C14H15N3O4S. The number of ether oxygens (including phenoxy) is 1. The topological polar surface area (TPSA) is 99.8 Å².